The molecule has 1 N–H and O–H groups in total. The lowest BCUT2D eigenvalue weighted by Crippen LogP contribution is -2.32. The molecule has 2 aromatic heterocycles. The second kappa shape index (κ2) is 4.78. The molecule has 0 aromatic carbocycles. The highest BCUT2D eigenvalue weighted by Gasteiger charge is 2.14. The van der Waals surface area contributed by atoms with Crippen LogP contribution in [0.25, 0.3) is 11.0 Å². The summed E-state index contributed by atoms with van der Waals surface area (Å²) in [4.78, 5) is 4.50. The first-order chi connectivity index (χ1) is 8.33. The first-order valence-corrected chi connectivity index (χ1v) is 6.93. The Labute approximate surface area is 109 Å². The zero-order valence-corrected chi connectivity index (χ0v) is 11.3. The fourth-order valence-electron chi connectivity index (χ4n) is 2.56. The highest BCUT2D eigenvalue weighted by molar-refractivity contribution is 9.10. The predicted octanol–water partition coefficient (Wildman–Crippen LogP) is 2.80. The van der Waals surface area contributed by atoms with Gasteiger partial charge in [-0.25, -0.2) is 4.98 Å². The number of aromatic nitrogens is 2. The van der Waals surface area contributed by atoms with Crippen molar-refractivity contribution in [3.8, 4) is 0 Å². The van der Waals surface area contributed by atoms with Crippen LogP contribution >= 0.6 is 15.9 Å². The second-order valence-electron chi connectivity index (χ2n) is 4.75. The van der Waals surface area contributed by atoms with E-state index in [1.54, 1.807) is 0 Å². The molecule has 1 aliphatic heterocycles. The summed E-state index contributed by atoms with van der Waals surface area (Å²) in [6, 6.07) is 4.27. The normalized spacial score (nSPS) is 20.9. The summed E-state index contributed by atoms with van der Waals surface area (Å²) in [7, 11) is 0. The maximum Gasteiger partial charge on any atom is 0.139 e. The van der Waals surface area contributed by atoms with E-state index >= 15 is 0 Å². The summed E-state index contributed by atoms with van der Waals surface area (Å²) in [6.07, 6.45) is 6.64. The van der Waals surface area contributed by atoms with Gasteiger partial charge in [0.25, 0.3) is 0 Å². The number of fused-ring (bicyclic) bond motifs is 1. The number of piperidine rings is 1. The zero-order chi connectivity index (χ0) is 11.7. The van der Waals surface area contributed by atoms with Crippen LogP contribution in [0.3, 0.4) is 0 Å². The molecule has 1 aliphatic rings. The number of hydrogen-bond donors (Lipinski definition) is 1. The fourth-order valence-corrected chi connectivity index (χ4v) is 2.91. The molecule has 90 valence electrons. The van der Waals surface area contributed by atoms with Crippen molar-refractivity contribution in [3.63, 3.8) is 0 Å². The highest BCUT2D eigenvalue weighted by Crippen LogP contribution is 2.20. The Morgan fingerprint density at radius 3 is 3.29 bits per heavy atom. The van der Waals surface area contributed by atoms with Gasteiger partial charge >= 0.3 is 0 Å². The Morgan fingerprint density at radius 2 is 2.47 bits per heavy atom. The number of pyridine rings is 1. The molecule has 1 saturated heterocycles. The van der Waals surface area contributed by atoms with Crippen LogP contribution in [-0.2, 0) is 6.54 Å². The average Bonchev–Trinajstić information content (AvgIpc) is 2.73. The summed E-state index contributed by atoms with van der Waals surface area (Å²) in [6.45, 7) is 3.38. The standard InChI is InChI=1S/C13H16BrN3/c14-12-6-11-3-5-17(13(11)16-8-12)9-10-2-1-4-15-7-10/h3,5-6,8,10,15H,1-2,4,7,9H2. The molecule has 3 rings (SSSR count). The molecule has 0 aliphatic carbocycles. The SMILES string of the molecule is Brc1cnc2c(ccn2CC2CCCNC2)c1. The highest BCUT2D eigenvalue weighted by atomic mass is 79.9. The van der Waals surface area contributed by atoms with Crippen LogP contribution in [0.5, 0.6) is 0 Å². The Balaban J connectivity index is 1.84. The molecule has 0 spiro atoms. The van der Waals surface area contributed by atoms with E-state index in [9.17, 15) is 0 Å². The van der Waals surface area contributed by atoms with Crippen LogP contribution < -0.4 is 5.32 Å². The molecule has 0 radical (unpaired) electrons. The van der Waals surface area contributed by atoms with Crippen molar-refractivity contribution < 1.29 is 0 Å². The van der Waals surface area contributed by atoms with Crippen LogP contribution in [0.4, 0.5) is 0 Å². The van der Waals surface area contributed by atoms with Gasteiger partial charge in [-0.05, 0) is 59.9 Å². The van der Waals surface area contributed by atoms with E-state index in [-0.39, 0.29) is 0 Å². The van der Waals surface area contributed by atoms with Crippen molar-refractivity contribution >= 4 is 27.0 Å². The summed E-state index contributed by atoms with van der Waals surface area (Å²) in [5.41, 5.74) is 1.10. The molecule has 4 heteroatoms. The summed E-state index contributed by atoms with van der Waals surface area (Å²) >= 11 is 3.46. The van der Waals surface area contributed by atoms with E-state index < -0.39 is 0 Å². The minimum atomic E-state index is 0.741. The third-order valence-electron chi connectivity index (χ3n) is 3.42. The lowest BCUT2D eigenvalue weighted by molar-refractivity contribution is 0.340. The van der Waals surface area contributed by atoms with E-state index in [0.717, 1.165) is 29.1 Å². The number of nitrogens with zero attached hydrogens (tertiary/aromatic N) is 2. The zero-order valence-electron chi connectivity index (χ0n) is 9.69. The Hall–Kier alpha value is -0.870. The Morgan fingerprint density at radius 1 is 1.53 bits per heavy atom. The maximum atomic E-state index is 4.50. The third kappa shape index (κ3) is 2.38. The van der Waals surface area contributed by atoms with Gasteiger partial charge in [0.05, 0.1) is 0 Å². The van der Waals surface area contributed by atoms with E-state index in [1.807, 2.05) is 6.20 Å². The van der Waals surface area contributed by atoms with Crippen LogP contribution in [0.1, 0.15) is 12.8 Å². The van der Waals surface area contributed by atoms with E-state index in [2.05, 4.69) is 49.1 Å². The van der Waals surface area contributed by atoms with E-state index in [1.165, 1.54) is 24.8 Å². The van der Waals surface area contributed by atoms with E-state index in [4.69, 9.17) is 0 Å². The fraction of sp³-hybridized carbons (Fsp3) is 0.462. The minimum absolute atomic E-state index is 0.741. The molecule has 0 amide bonds. The first kappa shape index (κ1) is 11.2. The van der Waals surface area contributed by atoms with Gasteiger partial charge in [-0.1, -0.05) is 0 Å². The Bertz CT molecular complexity index is 514. The smallest absolute Gasteiger partial charge is 0.139 e. The van der Waals surface area contributed by atoms with Crippen molar-refractivity contribution in [2.24, 2.45) is 5.92 Å². The van der Waals surface area contributed by atoms with Gasteiger partial charge in [0, 0.05) is 28.8 Å². The number of nitrogens with one attached hydrogen (secondary N) is 1. The second-order valence-corrected chi connectivity index (χ2v) is 5.66. The van der Waals surface area contributed by atoms with Gasteiger partial charge in [-0.2, -0.15) is 0 Å². The lowest BCUT2D eigenvalue weighted by atomic mass is 10.00. The van der Waals surface area contributed by atoms with Crippen molar-refractivity contribution in [3.05, 3.63) is 29.0 Å². The van der Waals surface area contributed by atoms with Crippen molar-refractivity contribution in [2.45, 2.75) is 19.4 Å². The quantitative estimate of drug-likeness (QED) is 0.923. The van der Waals surface area contributed by atoms with E-state index in [0.29, 0.717) is 0 Å². The minimum Gasteiger partial charge on any atom is -0.332 e. The van der Waals surface area contributed by atoms with Crippen molar-refractivity contribution in [2.75, 3.05) is 13.1 Å². The number of hydrogen-bond acceptors (Lipinski definition) is 2. The van der Waals surface area contributed by atoms with Gasteiger partial charge in [-0.15, -0.1) is 0 Å². The molecule has 1 unspecified atom stereocenters. The molecule has 17 heavy (non-hydrogen) atoms. The molecular formula is C13H16BrN3. The average molecular weight is 294 g/mol. The van der Waals surface area contributed by atoms with Crippen molar-refractivity contribution in [1.29, 1.82) is 0 Å². The lowest BCUT2D eigenvalue weighted by Gasteiger charge is -2.23. The Kier molecular flexibility index (Phi) is 3.16. The molecule has 0 bridgehead atoms. The van der Waals surface area contributed by atoms with Crippen LogP contribution in [0, 0.1) is 5.92 Å². The molecular weight excluding hydrogens is 278 g/mol. The van der Waals surface area contributed by atoms with Gasteiger partial charge in [0.1, 0.15) is 5.65 Å². The molecule has 0 saturated carbocycles. The van der Waals surface area contributed by atoms with Crippen molar-refractivity contribution in [1.82, 2.24) is 14.9 Å². The van der Waals surface area contributed by atoms with Gasteiger partial charge in [-0.3, -0.25) is 0 Å². The summed E-state index contributed by atoms with van der Waals surface area (Å²) in [5, 5.41) is 4.67. The van der Waals surface area contributed by atoms with Gasteiger partial charge < -0.3 is 9.88 Å². The summed E-state index contributed by atoms with van der Waals surface area (Å²) in [5.74, 6) is 0.741. The van der Waals surface area contributed by atoms with Gasteiger partial charge in [0.2, 0.25) is 0 Å². The molecule has 1 atom stereocenters. The van der Waals surface area contributed by atoms with Crippen LogP contribution in [0.2, 0.25) is 0 Å². The summed E-state index contributed by atoms with van der Waals surface area (Å²) < 4.78 is 3.32. The molecule has 3 heterocycles. The molecule has 1 fully saturated rings. The molecule has 3 nitrogen and oxygen atoms in total. The van der Waals surface area contributed by atoms with Crippen LogP contribution in [-0.4, -0.2) is 22.6 Å². The topological polar surface area (TPSA) is 29.9 Å². The third-order valence-corrected chi connectivity index (χ3v) is 3.86. The number of halogens is 1. The predicted molar refractivity (Wildman–Crippen MR) is 73.0 cm³/mol. The monoisotopic (exact) mass is 293 g/mol. The first-order valence-electron chi connectivity index (χ1n) is 6.14. The largest absolute Gasteiger partial charge is 0.332 e. The maximum absolute atomic E-state index is 4.50. The molecule has 2 aromatic rings. The van der Waals surface area contributed by atoms with Crippen LogP contribution in [0.15, 0.2) is 29.0 Å². The number of rotatable bonds is 2. The van der Waals surface area contributed by atoms with Gasteiger partial charge in [0.15, 0.2) is 0 Å².